The molecule has 1 aromatic carbocycles. The molecule has 0 unspecified atom stereocenters. The van der Waals surface area contributed by atoms with Crippen LogP contribution in [-0.4, -0.2) is 10.9 Å². The van der Waals surface area contributed by atoms with Crippen LogP contribution in [0.2, 0.25) is 0 Å². The van der Waals surface area contributed by atoms with Gasteiger partial charge in [-0.15, -0.1) is 0 Å². The van der Waals surface area contributed by atoms with Gasteiger partial charge in [0.05, 0.1) is 6.10 Å². The van der Waals surface area contributed by atoms with Crippen LogP contribution in [0.15, 0.2) is 33.6 Å². The summed E-state index contributed by atoms with van der Waals surface area (Å²) in [6.07, 6.45) is 3.51. The largest absolute Gasteiger partial charge is 0.318 e. The van der Waals surface area contributed by atoms with Crippen LogP contribution in [0.3, 0.4) is 0 Å². The summed E-state index contributed by atoms with van der Waals surface area (Å²) in [7, 11) is 0. The quantitative estimate of drug-likeness (QED) is 0.491. The Hall–Kier alpha value is 0.590. The second-order valence-electron chi connectivity index (χ2n) is 6.77. The maximum atomic E-state index is 13.2. The maximum Gasteiger partial charge on any atom is 0.318 e. The summed E-state index contributed by atoms with van der Waals surface area (Å²) in [5.74, 6) is -1.34. The highest BCUT2D eigenvalue weighted by Gasteiger charge is 2.55. The molecule has 1 heterocycles. The predicted octanol–water partition coefficient (Wildman–Crippen LogP) is 7.00. The van der Waals surface area contributed by atoms with E-state index in [-0.39, 0.29) is 10.9 Å². The number of benzene rings is 1. The Kier molecular flexibility index (Phi) is 5.13. The Labute approximate surface area is 149 Å². The fourth-order valence-electron chi connectivity index (χ4n) is 3.24. The van der Waals surface area contributed by atoms with E-state index in [4.69, 9.17) is 4.52 Å². The van der Waals surface area contributed by atoms with Gasteiger partial charge in [-0.05, 0) is 85.1 Å². The lowest BCUT2D eigenvalue weighted by Crippen LogP contribution is -2.40. The molecule has 3 rings (SSSR count). The van der Waals surface area contributed by atoms with E-state index in [0.29, 0.717) is 11.8 Å². The molecule has 1 aromatic rings. The SMILES string of the molecule is CC(C)[C@@H]1CC[C@]2(C)S[P@@](=O)(Sc3ccc(Br)cc3)O[C@H]2C1. The molecular formula is C16H22BrO2PS2. The second-order valence-corrected chi connectivity index (χ2v) is 15.2. The summed E-state index contributed by atoms with van der Waals surface area (Å²) < 4.78 is 20.4. The number of fused-ring (bicyclic) bond motifs is 1. The summed E-state index contributed by atoms with van der Waals surface area (Å²) in [4.78, 5) is 1.02. The fraction of sp³-hybridized carbons (Fsp3) is 0.625. The normalized spacial score (nSPS) is 38.2. The first-order valence-corrected chi connectivity index (χ1v) is 13.0. The second kappa shape index (κ2) is 6.48. The van der Waals surface area contributed by atoms with Crippen LogP contribution in [0.25, 0.3) is 0 Å². The molecule has 0 spiro atoms. The molecule has 1 aliphatic heterocycles. The van der Waals surface area contributed by atoms with Crippen LogP contribution in [0.1, 0.15) is 40.0 Å². The standard InChI is InChI=1S/C16H22BrO2PS2/c1-11(2)12-8-9-16(3)15(10-12)19-20(18,22-16)21-14-6-4-13(17)5-7-14/h4-7,11-12,15H,8-10H2,1-3H3/t12-,15+,16+,20-/m1/s1. The lowest BCUT2D eigenvalue weighted by molar-refractivity contribution is 0.0947. The zero-order valence-electron chi connectivity index (χ0n) is 13.1. The lowest BCUT2D eigenvalue weighted by Gasteiger charge is -2.38. The highest BCUT2D eigenvalue weighted by molar-refractivity contribution is 9.10. The van der Waals surface area contributed by atoms with Crippen molar-refractivity contribution < 1.29 is 9.09 Å². The van der Waals surface area contributed by atoms with Gasteiger partial charge in [0.15, 0.2) is 0 Å². The predicted molar refractivity (Wildman–Crippen MR) is 101 cm³/mol. The summed E-state index contributed by atoms with van der Waals surface area (Å²) >= 11 is 6.44. The monoisotopic (exact) mass is 420 g/mol. The molecule has 4 atom stereocenters. The van der Waals surface area contributed by atoms with Crippen molar-refractivity contribution in [3.63, 3.8) is 0 Å². The van der Waals surface area contributed by atoms with Gasteiger partial charge < -0.3 is 4.52 Å². The Morgan fingerprint density at radius 2 is 2.09 bits per heavy atom. The van der Waals surface area contributed by atoms with E-state index in [1.807, 2.05) is 24.3 Å². The lowest BCUT2D eigenvalue weighted by atomic mass is 9.75. The van der Waals surface area contributed by atoms with Crippen molar-refractivity contribution in [1.29, 1.82) is 0 Å². The summed E-state index contributed by atoms with van der Waals surface area (Å²) in [5.41, 5.74) is 0. The van der Waals surface area contributed by atoms with Gasteiger partial charge in [0.2, 0.25) is 0 Å². The van der Waals surface area contributed by atoms with Gasteiger partial charge in [-0.2, -0.15) is 0 Å². The molecule has 0 bridgehead atoms. The van der Waals surface area contributed by atoms with Crippen molar-refractivity contribution in [2.75, 3.05) is 0 Å². The average molecular weight is 421 g/mol. The van der Waals surface area contributed by atoms with Crippen molar-refractivity contribution in [3.05, 3.63) is 28.7 Å². The van der Waals surface area contributed by atoms with E-state index in [0.717, 1.165) is 22.2 Å². The minimum atomic E-state index is -2.72. The van der Waals surface area contributed by atoms with Gasteiger partial charge in [-0.3, -0.25) is 4.57 Å². The van der Waals surface area contributed by atoms with E-state index in [2.05, 4.69) is 36.7 Å². The van der Waals surface area contributed by atoms with E-state index in [1.165, 1.54) is 17.8 Å². The van der Waals surface area contributed by atoms with Gasteiger partial charge in [-0.25, -0.2) is 0 Å². The maximum absolute atomic E-state index is 13.2. The molecule has 1 saturated carbocycles. The summed E-state index contributed by atoms with van der Waals surface area (Å²) in [6, 6.07) is 7.97. The Balaban J connectivity index is 1.74. The number of rotatable bonds is 3. The Bertz CT molecular complexity index is 592. The van der Waals surface area contributed by atoms with Crippen LogP contribution in [0.5, 0.6) is 0 Å². The molecule has 1 saturated heterocycles. The van der Waals surface area contributed by atoms with Gasteiger partial charge in [-0.1, -0.05) is 29.8 Å². The van der Waals surface area contributed by atoms with Crippen molar-refractivity contribution in [1.82, 2.24) is 0 Å². The molecule has 2 fully saturated rings. The minimum Gasteiger partial charge on any atom is -0.309 e. The molecule has 0 amide bonds. The number of halogens is 1. The van der Waals surface area contributed by atoms with Crippen LogP contribution >= 0.6 is 44.5 Å². The third kappa shape index (κ3) is 3.64. The Morgan fingerprint density at radius 3 is 2.73 bits per heavy atom. The van der Waals surface area contributed by atoms with Crippen molar-refractivity contribution in [2.24, 2.45) is 11.8 Å². The molecule has 2 nitrogen and oxygen atoms in total. The molecule has 1 aliphatic carbocycles. The van der Waals surface area contributed by atoms with Crippen molar-refractivity contribution in [3.8, 4) is 0 Å². The van der Waals surface area contributed by atoms with Crippen LogP contribution in [0, 0.1) is 11.8 Å². The summed E-state index contributed by atoms with van der Waals surface area (Å²) in [6.45, 7) is 6.80. The van der Waals surface area contributed by atoms with E-state index in [1.54, 1.807) is 11.4 Å². The average Bonchev–Trinajstić information content (AvgIpc) is 2.70. The molecule has 122 valence electrons. The van der Waals surface area contributed by atoms with Gasteiger partial charge in [0, 0.05) is 14.1 Å². The zero-order chi connectivity index (χ0) is 16.0. The first-order valence-electron chi connectivity index (χ1n) is 7.74. The molecule has 0 radical (unpaired) electrons. The topological polar surface area (TPSA) is 26.3 Å². The third-order valence-corrected chi connectivity index (χ3v) is 12.7. The number of hydrogen-bond donors (Lipinski definition) is 0. The third-order valence-electron chi connectivity index (χ3n) is 4.76. The molecule has 6 heteroatoms. The number of hydrogen-bond acceptors (Lipinski definition) is 4. The molecule has 0 aromatic heterocycles. The van der Waals surface area contributed by atoms with Crippen LogP contribution in [0.4, 0.5) is 0 Å². The smallest absolute Gasteiger partial charge is 0.309 e. The van der Waals surface area contributed by atoms with Crippen molar-refractivity contribution >= 4 is 44.5 Å². The van der Waals surface area contributed by atoms with Crippen molar-refractivity contribution in [2.45, 2.75) is 55.8 Å². The minimum absolute atomic E-state index is 0.0171. The highest BCUT2D eigenvalue weighted by atomic mass is 79.9. The first kappa shape index (κ1) is 17.4. The van der Waals surface area contributed by atoms with Gasteiger partial charge in [0.1, 0.15) is 0 Å². The zero-order valence-corrected chi connectivity index (χ0v) is 17.2. The molecular weight excluding hydrogens is 399 g/mol. The summed E-state index contributed by atoms with van der Waals surface area (Å²) in [5, 5.41) is 0. The highest BCUT2D eigenvalue weighted by Crippen LogP contribution is 2.82. The van der Waals surface area contributed by atoms with E-state index in [9.17, 15) is 4.57 Å². The van der Waals surface area contributed by atoms with Gasteiger partial charge >= 0.3 is 5.77 Å². The van der Waals surface area contributed by atoms with Crippen LogP contribution < -0.4 is 0 Å². The van der Waals surface area contributed by atoms with Crippen LogP contribution in [-0.2, 0) is 9.09 Å². The molecule has 2 aliphatic rings. The van der Waals surface area contributed by atoms with E-state index < -0.39 is 5.77 Å². The first-order chi connectivity index (χ1) is 10.3. The Morgan fingerprint density at radius 1 is 1.41 bits per heavy atom. The van der Waals surface area contributed by atoms with Gasteiger partial charge in [0.25, 0.3) is 0 Å². The molecule has 0 N–H and O–H groups in total. The molecule has 22 heavy (non-hydrogen) atoms. The fourth-order valence-corrected chi connectivity index (χ4v) is 12.8. The van der Waals surface area contributed by atoms with E-state index >= 15 is 0 Å².